The lowest BCUT2D eigenvalue weighted by Gasteiger charge is -2.03. The normalized spacial score (nSPS) is 11.7. The van der Waals surface area contributed by atoms with E-state index in [4.69, 9.17) is 5.26 Å². The Kier molecular flexibility index (Phi) is 4.25. The minimum atomic E-state index is -0.796. The largest absolute Gasteiger partial charge is 0.468 e. The molecule has 4 nitrogen and oxygen atoms in total. The highest BCUT2D eigenvalue weighted by atomic mass is 16.5. The van der Waals surface area contributed by atoms with E-state index in [1.54, 1.807) is 6.07 Å². The van der Waals surface area contributed by atoms with E-state index in [-0.39, 0.29) is 6.61 Å². The predicted octanol–water partition coefficient (Wildman–Crippen LogP) is -0.0544. The summed E-state index contributed by atoms with van der Waals surface area (Å²) in [4.78, 5) is 10.6. The molecule has 56 valence electrons. The fourth-order valence-corrected chi connectivity index (χ4v) is 0.467. The van der Waals surface area contributed by atoms with Gasteiger partial charge in [0.05, 0.1) is 19.8 Å². The van der Waals surface area contributed by atoms with E-state index in [1.807, 2.05) is 0 Å². The zero-order valence-electron chi connectivity index (χ0n) is 5.96. The van der Waals surface area contributed by atoms with Crippen LogP contribution in [-0.2, 0) is 14.3 Å². The minimum Gasteiger partial charge on any atom is -0.468 e. The van der Waals surface area contributed by atoms with Crippen molar-refractivity contribution in [3.8, 4) is 6.07 Å². The van der Waals surface area contributed by atoms with Crippen LogP contribution in [0.4, 0.5) is 0 Å². The summed E-state index contributed by atoms with van der Waals surface area (Å²) in [5, 5.41) is 8.33. The summed E-state index contributed by atoms with van der Waals surface area (Å²) < 4.78 is 8.91. The summed E-state index contributed by atoms with van der Waals surface area (Å²) >= 11 is 0. The van der Waals surface area contributed by atoms with Gasteiger partial charge in [-0.3, -0.25) is 4.79 Å². The average molecular weight is 143 g/mol. The number of methoxy groups -OCH3 is 2. The predicted molar refractivity (Wildman–Crippen MR) is 33.0 cm³/mol. The third-order valence-electron chi connectivity index (χ3n) is 0.975. The van der Waals surface area contributed by atoms with Crippen LogP contribution < -0.4 is 0 Å². The monoisotopic (exact) mass is 143 g/mol. The molecule has 0 spiro atoms. The summed E-state index contributed by atoms with van der Waals surface area (Å²) in [6.45, 7) is 0.0865. The molecule has 4 heteroatoms. The Labute approximate surface area is 59.3 Å². The molecule has 0 amide bonds. The van der Waals surface area contributed by atoms with E-state index >= 15 is 0 Å². The second kappa shape index (κ2) is 4.77. The Morgan fingerprint density at radius 2 is 2.30 bits per heavy atom. The molecule has 0 aromatic carbocycles. The maximum atomic E-state index is 10.6. The number of hydrogen-bond donors (Lipinski definition) is 0. The van der Waals surface area contributed by atoms with Gasteiger partial charge in [-0.05, 0) is 0 Å². The maximum absolute atomic E-state index is 10.6. The maximum Gasteiger partial charge on any atom is 0.325 e. The van der Waals surface area contributed by atoms with Crippen molar-refractivity contribution in [3.05, 3.63) is 0 Å². The molecule has 0 aromatic rings. The van der Waals surface area contributed by atoms with Gasteiger partial charge in [-0.25, -0.2) is 0 Å². The van der Waals surface area contributed by atoms with Crippen LogP contribution in [0.2, 0.25) is 0 Å². The van der Waals surface area contributed by atoms with Gasteiger partial charge in [0.15, 0.2) is 5.92 Å². The van der Waals surface area contributed by atoms with Crippen LogP contribution in [0.3, 0.4) is 0 Å². The van der Waals surface area contributed by atoms with E-state index in [2.05, 4.69) is 9.47 Å². The van der Waals surface area contributed by atoms with Gasteiger partial charge in [0.1, 0.15) is 0 Å². The molecule has 0 aliphatic rings. The molecule has 0 aliphatic heterocycles. The molecule has 0 aliphatic carbocycles. The Bertz CT molecular complexity index is 150. The van der Waals surface area contributed by atoms with Gasteiger partial charge in [0, 0.05) is 7.11 Å². The molecule has 1 unspecified atom stereocenters. The third-order valence-corrected chi connectivity index (χ3v) is 0.975. The molecular formula is C6H9NO3. The smallest absolute Gasteiger partial charge is 0.325 e. The fraction of sp³-hybridized carbons (Fsp3) is 0.667. The van der Waals surface area contributed by atoms with E-state index in [0.717, 1.165) is 0 Å². The molecule has 0 radical (unpaired) electrons. The summed E-state index contributed by atoms with van der Waals surface area (Å²) in [6.07, 6.45) is 0. The topological polar surface area (TPSA) is 59.3 Å². The van der Waals surface area contributed by atoms with Crippen molar-refractivity contribution in [2.24, 2.45) is 5.92 Å². The van der Waals surface area contributed by atoms with Crippen LogP contribution in [0, 0.1) is 17.2 Å². The third kappa shape index (κ3) is 2.46. The van der Waals surface area contributed by atoms with E-state index in [9.17, 15) is 4.79 Å². The molecule has 1 atom stereocenters. The van der Waals surface area contributed by atoms with E-state index in [0.29, 0.717) is 0 Å². The van der Waals surface area contributed by atoms with E-state index in [1.165, 1.54) is 14.2 Å². The molecular weight excluding hydrogens is 134 g/mol. The van der Waals surface area contributed by atoms with Gasteiger partial charge >= 0.3 is 5.97 Å². The van der Waals surface area contributed by atoms with Crippen LogP contribution >= 0.6 is 0 Å². The van der Waals surface area contributed by atoms with Crippen molar-refractivity contribution < 1.29 is 14.3 Å². The number of rotatable bonds is 3. The summed E-state index contributed by atoms with van der Waals surface area (Å²) in [5.74, 6) is -1.35. The Hall–Kier alpha value is -1.08. The van der Waals surface area contributed by atoms with Crippen molar-refractivity contribution in [2.45, 2.75) is 0 Å². The molecule has 0 N–H and O–H groups in total. The zero-order valence-corrected chi connectivity index (χ0v) is 5.96. The quantitative estimate of drug-likeness (QED) is 0.519. The highest BCUT2D eigenvalue weighted by molar-refractivity contribution is 5.75. The Morgan fingerprint density at radius 1 is 1.70 bits per heavy atom. The number of esters is 1. The highest BCUT2D eigenvalue weighted by Gasteiger charge is 2.17. The summed E-state index contributed by atoms with van der Waals surface area (Å²) in [5.41, 5.74) is 0. The number of nitriles is 1. The van der Waals surface area contributed by atoms with Crippen LogP contribution in [-0.4, -0.2) is 26.8 Å². The highest BCUT2D eigenvalue weighted by Crippen LogP contribution is 1.96. The van der Waals surface area contributed by atoms with Crippen molar-refractivity contribution in [3.63, 3.8) is 0 Å². The van der Waals surface area contributed by atoms with Gasteiger partial charge in [0.25, 0.3) is 0 Å². The number of nitrogens with zero attached hydrogens (tertiary/aromatic N) is 1. The lowest BCUT2D eigenvalue weighted by molar-refractivity contribution is -0.144. The van der Waals surface area contributed by atoms with Crippen LogP contribution in [0.1, 0.15) is 0 Å². The average Bonchev–Trinajstić information content (AvgIpc) is 1.99. The Morgan fingerprint density at radius 3 is 2.60 bits per heavy atom. The molecule has 0 fully saturated rings. The van der Waals surface area contributed by atoms with Crippen molar-refractivity contribution in [1.82, 2.24) is 0 Å². The van der Waals surface area contributed by atoms with Crippen molar-refractivity contribution >= 4 is 5.97 Å². The molecule has 0 saturated carbocycles. The molecule has 0 bridgehead atoms. The summed E-state index contributed by atoms with van der Waals surface area (Å²) in [7, 11) is 2.66. The first-order valence-corrected chi connectivity index (χ1v) is 2.72. The zero-order chi connectivity index (χ0) is 7.98. The SMILES string of the molecule is COCC(C#N)C(=O)OC. The molecule has 10 heavy (non-hydrogen) atoms. The molecule has 0 rings (SSSR count). The minimum absolute atomic E-state index is 0.0865. The molecule has 0 heterocycles. The van der Waals surface area contributed by atoms with Gasteiger partial charge < -0.3 is 9.47 Å². The summed E-state index contributed by atoms with van der Waals surface area (Å²) in [6, 6.07) is 1.75. The van der Waals surface area contributed by atoms with Crippen molar-refractivity contribution in [1.29, 1.82) is 5.26 Å². The number of carbonyl (C=O) groups excluding carboxylic acids is 1. The van der Waals surface area contributed by atoms with Gasteiger partial charge in [-0.1, -0.05) is 0 Å². The van der Waals surface area contributed by atoms with Gasteiger partial charge in [-0.2, -0.15) is 5.26 Å². The second-order valence-electron chi connectivity index (χ2n) is 1.66. The lowest BCUT2D eigenvalue weighted by Crippen LogP contribution is -2.18. The van der Waals surface area contributed by atoms with Gasteiger partial charge in [0.2, 0.25) is 0 Å². The standard InChI is InChI=1S/C6H9NO3/c1-9-4-5(3-7)6(8)10-2/h5H,4H2,1-2H3. The first kappa shape index (κ1) is 8.92. The lowest BCUT2D eigenvalue weighted by atomic mass is 10.2. The van der Waals surface area contributed by atoms with Gasteiger partial charge in [-0.15, -0.1) is 0 Å². The second-order valence-corrected chi connectivity index (χ2v) is 1.66. The number of carbonyl (C=O) groups is 1. The molecule has 0 aromatic heterocycles. The van der Waals surface area contributed by atoms with Crippen molar-refractivity contribution in [2.75, 3.05) is 20.8 Å². The van der Waals surface area contributed by atoms with Crippen LogP contribution in [0.15, 0.2) is 0 Å². The first-order chi connectivity index (χ1) is 4.76. The Balaban J connectivity index is 3.84. The van der Waals surface area contributed by atoms with Crippen LogP contribution in [0.5, 0.6) is 0 Å². The van der Waals surface area contributed by atoms with E-state index < -0.39 is 11.9 Å². The number of ether oxygens (including phenoxy) is 2. The fourth-order valence-electron chi connectivity index (χ4n) is 0.467. The number of hydrogen-bond acceptors (Lipinski definition) is 4. The first-order valence-electron chi connectivity index (χ1n) is 2.72. The van der Waals surface area contributed by atoms with Crippen LogP contribution in [0.25, 0.3) is 0 Å². The molecule has 0 saturated heterocycles.